The molecule has 0 saturated carbocycles. The zero-order chi connectivity index (χ0) is 18.5. The second kappa shape index (κ2) is 8.16. The number of methoxy groups -OCH3 is 1. The zero-order valence-corrected chi connectivity index (χ0v) is 15.8. The number of aryl methyl sites for hydroxylation is 1. The second-order valence-corrected chi connectivity index (χ2v) is 8.54. The molecule has 7 nitrogen and oxygen atoms in total. The van der Waals surface area contributed by atoms with Gasteiger partial charge in [-0.05, 0) is 45.0 Å². The van der Waals surface area contributed by atoms with E-state index in [2.05, 4.69) is 15.4 Å². The molecule has 1 amide bonds. The lowest BCUT2D eigenvalue weighted by Gasteiger charge is -2.37. The summed E-state index contributed by atoms with van der Waals surface area (Å²) >= 11 is 0. The first-order valence-electron chi connectivity index (χ1n) is 8.31. The molecular formula is C17H27N3O4S. The third kappa shape index (κ3) is 5.69. The predicted octanol–water partition coefficient (Wildman–Crippen LogP) is 1.11. The largest absolute Gasteiger partial charge is 0.384 e. The number of hydrogen-bond acceptors (Lipinski definition) is 5. The zero-order valence-electron chi connectivity index (χ0n) is 15.0. The van der Waals surface area contributed by atoms with E-state index >= 15 is 0 Å². The van der Waals surface area contributed by atoms with Gasteiger partial charge in [-0.1, -0.05) is 11.6 Å². The van der Waals surface area contributed by atoms with Gasteiger partial charge in [-0.15, -0.1) is 0 Å². The van der Waals surface area contributed by atoms with Crippen LogP contribution >= 0.6 is 0 Å². The van der Waals surface area contributed by atoms with Gasteiger partial charge in [0, 0.05) is 19.1 Å². The Balaban J connectivity index is 2.15. The lowest BCUT2D eigenvalue weighted by atomic mass is 9.79. The van der Waals surface area contributed by atoms with Crippen molar-refractivity contribution >= 4 is 21.6 Å². The van der Waals surface area contributed by atoms with Gasteiger partial charge in [-0.25, -0.2) is 8.42 Å². The van der Waals surface area contributed by atoms with Crippen molar-refractivity contribution < 1.29 is 17.9 Å². The molecule has 1 saturated heterocycles. The van der Waals surface area contributed by atoms with E-state index in [4.69, 9.17) is 4.74 Å². The third-order valence-corrected chi connectivity index (χ3v) is 5.04. The van der Waals surface area contributed by atoms with Crippen molar-refractivity contribution in [1.82, 2.24) is 10.6 Å². The van der Waals surface area contributed by atoms with Crippen molar-refractivity contribution in [3.05, 3.63) is 29.3 Å². The summed E-state index contributed by atoms with van der Waals surface area (Å²) in [6.45, 7) is 4.72. The molecule has 1 aliphatic rings. The minimum absolute atomic E-state index is 0.0933. The minimum Gasteiger partial charge on any atom is -0.384 e. The molecule has 140 valence electrons. The second-order valence-electron chi connectivity index (χ2n) is 6.79. The van der Waals surface area contributed by atoms with Crippen molar-refractivity contribution in [2.45, 2.75) is 19.8 Å². The number of amides is 1. The van der Waals surface area contributed by atoms with Crippen molar-refractivity contribution in [1.29, 1.82) is 0 Å². The van der Waals surface area contributed by atoms with E-state index in [0.717, 1.165) is 37.8 Å². The van der Waals surface area contributed by atoms with Gasteiger partial charge in [0.1, 0.15) is 0 Å². The smallest absolute Gasteiger partial charge is 0.253 e. The molecular weight excluding hydrogens is 342 g/mol. The molecule has 1 fully saturated rings. The van der Waals surface area contributed by atoms with Crippen molar-refractivity contribution in [3.63, 3.8) is 0 Å². The number of sulfonamides is 1. The summed E-state index contributed by atoms with van der Waals surface area (Å²) in [6.07, 6.45) is 2.91. The van der Waals surface area contributed by atoms with Crippen molar-refractivity contribution in [2.24, 2.45) is 5.41 Å². The van der Waals surface area contributed by atoms with Crippen LogP contribution in [0.15, 0.2) is 18.2 Å². The van der Waals surface area contributed by atoms with Gasteiger partial charge in [-0.2, -0.15) is 0 Å². The SMILES string of the molecule is COCC1(CNC(=O)c2cc(C)ccc2NS(C)(=O)=O)CCNCC1. The molecule has 0 atom stereocenters. The van der Waals surface area contributed by atoms with Crippen molar-refractivity contribution in [3.8, 4) is 0 Å². The Morgan fingerprint density at radius 1 is 1.32 bits per heavy atom. The fourth-order valence-corrected chi connectivity index (χ4v) is 3.71. The molecule has 1 aromatic rings. The van der Waals surface area contributed by atoms with E-state index in [9.17, 15) is 13.2 Å². The van der Waals surface area contributed by atoms with Crippen LogP contribution in [0, 0.1) is 12.3 Å². The average Bonchev–Trinajstić information content (AvgIpc) is 2.54. The van der Waals surface area contributed by atoms with Gasteiger partial charge in [-0.3, -0.25) is 9.52 Å². The molecule has 3 N–H and O–H groups in total. The van der Waals surface area contributed by atoms with Crippen LogP contribution in [0.25, 0.3) is 0 Å². The number of anilines is 1. The summed E-state index contributed by atoms with van der Waals surface area (Å²) < 4.78 is 30.8. The number of hydrogen-bond donors (Lipinski definition) is 3. The van der Waals surface area contributed by atoms with Crippen LogP contribution < -0.4 is 15.4 Å². The number of benzene rings is 1. The van der Waals surface area contributed by atoms with Gasteiger partial charge in [0.2, 0.25) is 10.0 Å². The van der Waals surface area contributed by atoms with Gasteiger partial charge in [0.15, 0.2) is 0 Å². The van der Waals surface area contributed by atoms with Crippen LogP contribution in [0.3, 0.4) is 0 Å². The Morgan fingerprint density at radius 2 is 2.00 bits per heavy atom. The van der Waals surface area contributed by atoms with E-state index in [1.807, 2.05) is 6.92 Å². The molecule has 0 radical (unpaired) electrons. The molecule has 1 aliphatic heterocycles. The van der Waals surface area contributed by atoms with E-state index < -0.39 is 10.0 Å². The van der Waals surface area contributed by atoms with Crippen LogP contribution in [0.5, 0.6) is 0 Å². The van der Waals surface area contributed by atoms with Gasteiger partial charge in [0.05, 0.1) is 24.1 Å². The third-order valence-electron chi connectivity index (χ3n) is 4.45. The van der Waals surface area contributed by atoms with Gasteiger partial charge >= 0.3 is 0 Å². The lowest BCUT2D eigenvalue weighted by molar-refractivity contribution is 0.0512. The standard InChI is InChI=1S/C17H27N3O4S/c1-13-4-5-15(20-25(3,22)23)14(10-13)16(21)19-11-17(12-24-2)6-8-18-9-7-17/h4-5,10,18,20H,6-9,11-12H2,1-3H3,(H,19,21). The number of carbonyl (C=O) groups excluding carboxylic acids is 1. The van der Waals surface area contributed by atoms with E-state index in [0.29, 0.717) is 18.7 Å². The highest BCUT2D eigenvalue weighted by molar-refractivity contribution is 7.92. The predicted molar refractivity (Wildman–Crippen MR) is 98.4 cm³/mol. The highest BCUT2D eigenvalue weighted by Gasteiger charge is 2.32. The number of carbonyl (C=O) groups is 1. The summed E-state index contributed by atoms with van der Waals surface area (Å²) in [5.74, 6) is -0.288. The Labute approximate surface area is 149 Å². The number of piperidine rings is 1. The molecule has 2 rings (SSSR count). The van der Waals surface area contributed by atoms with E-state index in [-0.39, 0.29) is 17.0 Å². The van der Waals surface area contributed by atoms with Gasteiger partial charge in [0.25, 0.3) is 5.91 Å². The Kier molecular flexibility index (Phi) is 6.42. The highest BCUT2D eigenvalue weighted by atomic mass is 32.2. The number of ether oxygens (including phenoxy) is 1. The molecule has 1 heterocycles. The first-order chi connectivity index (χ1) is 11.7. The summed E-state index contributed by atoms with van der Waals surface area (Å²) in [6, 6.07) is 5.07. The van der Waals surface area contributed by atoms with Crippen LogP contribution in [-0.2, 0) is 14.8 Å². The summed E-state index contributed by atoms with van der Waals surface area (Å²) in [7, 11) is -1.79. The van der Waals surface area contributed by atoms with Crippen LogP contribution in [0.4, 0.5) is 5.69 Å². The topological polar surface area (TPSA) is 96.5 Å². The highest BCUT2D eigenvalue weighted by Crippen LogP contribution is 2.28. The van der Waals surface area contributed by atoms with E-state index in [1.54, 1.807) is 25.3 Å². The Morgan fingerprint density at radius 3 is 2.60 bits per heavy atom. The summed E-state index contributed by atoms with van der Waals surface area (Å²) in [4.78, 5) is 12.7. The monoisotopic (exact) mass is 369 g/mol. The maximum atomic E-state index is 12.7. The number of rotatable bonds is 7. The first-order valence-corrected chi connectivity index (χ1v) is 10.2. The molecule has 1 aromatic carbocycles. The normalized spacial score (nSPS) is 17.1. The lowest BCUT2D eigenvalue weighted by Crippen LogP contribution is -2.47. The quantitative estimate of drug-likeness (QED) is 0.669. The fraction of sp³-hybridized carbons (Fsp3) is 0.588. The minimum atomic E-state index is -3.46. The molecule has 25 heavy (non-hydrogen) atoms. The molecule has 0 bridgehead atoms. The van der Waals surface area contributed by atoms with Crippen molar-refractivity contribution in [2.75, 3.05) is 44.3 Å². The van der Waals surface area contributed by atoms with Crippen LogP contribution in [0.2, 0.25) is 0 Å². The molecule has 0 spiro atoms. The number of nitrogens with one attached hydrogen (secondary N) is 3. The molecule has 0 aromatic heterocycles. The summed E-state index contributed by atoms with van der Waals surface area (Å²) in [5, 5.41) is 6.28. The fourth-order valence-electron chi connectivity index (χ4n) is 3.13. The Hall–Kier alpha value is -1.64. The molecule has 0 aliphatic carbocycles. The first kappa shape index (κ1) is 19.7. The maximum absolute atomic E-state index is 12.7. The van der Waals surface area contributed by atoms with Crippen LogP contribution in [0.1, 0.15) is 28.8 Å². The van der Waals surface area contributed by atoms with Crippen LogP contribution in [-0.4, -0.2) is 53.9 Å². The van der Waals surface area contributed by atoms with Gasteiger partial charge < -0.3 is 15.4 Å². The maximum Gasteiger partial charge on any atom is 0.253 e. The molecule has 8 heteroatoms. The average molecular weight is 369 g/mol. The molecule has 0 unspecified atom stereocenters. The Bertz CT molecular complexity index is 707. The summed E-state index contributed by atoms with van der Waals surface area (Å²) in [5.41, 5.74) is 1.41. The van der Waals surface area contributed by atoms with E-state index in [1.165, 1.54) is 0 Å².